The summed E-state index contributed by atoms with van der Waals surface area (Å²) in [7, 11) is -4.10. The molecular weight excluding hydrogens is 560 g/mol. The monoisotopic (exact) mass is 591 g/mol. The third-order valence-corrected chi connectivity index (χ3v) is 7.80. The van der Waals surface area contributed by atoms with Gasteiger partial charge in [-0.2, -0.15) is 0 Å². The third-order valence-electron chi connectivity index (χ3n) is 6.41. The highest BCUT2D eigenvalue weighted by Gasteiger charge is 2.33. The molecule has 0 heterocycles. The molecule has 0 saturated carbocycles. The van der Waals surface area contributed by atoms with E-state index in [9.17, 15) is 26.8 Å². The van der Waals surface area contributed by atoms with Gasteiger partial charge in [-0.1, -0.05) is 61.0 Å². The number of anilines is 1. The first-order valence-corrected chi connectivity index (χ1v) is 14.9. The number of carbonyl (C=O) groups excluding carboxylic acids is 2. The second-order valence-electron chi connectivity index (χ2n) is 9.54. The van der Waals surface area contributed by atoms with Gasteiger partial charge < -0.3 is 10.2 Å². The Balaban J connectivity index is 2.06. The average Bonchev–Trinajstić information content (AvgIpc) is 2.91. The van der Waals surface area contributed by atoms with E-state index in [0.717, 1.165) is 24.0 Å². The molecule has 0 aliphatic heterocycles. The van der Waals surface area contributed by atoms with Crippen LogP contribution in [0.15, 0.2) is 72.8 Å². The van der Waals surface area contributed by atoms with Crippen LogP contribution in [0, 0.1) is 11.6 Å². The largest absolute Gasteiger partial charge is 0.352 e. The molecule has 40 heavy (non-hydrogen) atoms. The Morgan fingerprint density at radius 3 is 2.17 bits per heavy atom. The Bertz CT molecular complexity index is 1420. The Morgan fingerprint density at radius 1 is 0.950 bits per heavy atom. The number of rotatable bonds is 12. The van der Waals surface area contributed by atoms with Crippen LogP contribution in [0.1, 0.15) is 31.4 Å². The van der Waals surface area contributed by atoms with E-state index in [4.69, 9.17) is 11.6 Å². The van der Waals surface area contributed by atoms with Gasteiger partial charge in [0.2, 0.25) is 21.8 Å². The van der Waals surface area contributed by atoms with E-state index in [2.05, 4.69) is 5.32 Å². The SMILES string of the molecule is CC[C@@H](C)NC(=O)[C@@H](Cc1ccccc1)N(Cc1ccc(Cl)cc1)C(=O)CN(c1ccc(F)c(F)c1)S(C)(=O)=O. The molecule has 0 spiro atoms. The van der Waals surface area contributed by atoms with E-state index in [0.29, 0.717) is 27.4 Å². The summed E-state index contributed by atoms with van der Waals surface area (Å²) in [6.45, 7) is 2.99. The van der Waals surface area contributed by atoms with Gasteiger partial charge >= 0.3 is 0 Å². The molecule has 0 bridgehead atoms. The molecule has 2 atom stereocenters. The van der Waals surface area contributed by atoms with E-state index in [1.807, 2.05) is 44.2 Å². The Hall–Kier alpha value is -3.50. The quantitative estimate of drug-likeness (QED) is 0.323. The first-order chi connectivity index (χ1) is 18.9. The van der Waals surface area contributed by atoms with E-state index in [1.54, 1.807) is 24.3 Å². The molecule has 214 valence electrons. The van der Waals surface area contributed by atoms with Crippen LogP contribution in [-0.2, 0) is 32.6 Å². The molecular formula is C29H32ClF2N3O4S. The summed E-state index contributed by atoms with van der Waals surface area (Å²) in [4.78, 5) is 28.8. The number of hydrogen-bond acceptors (Lipinski definition) is 4. The summed E-state index contributed by atoms with van der Waals surface area (Å²) >= 11 is 6.04. The van der Waals surface area contributed by atoms with Crippen LogP contribution in [-0.4, -0.2) is 50.0 Å². The van der Waals surface area contributed by atoms with Crippen LogP contribution in [0.5, 0.6) is 0 Å². The molecule has 7 nitrogen and oxygen atoms in total. The van der Waals surface area contributed by atoms with Crippen molar-refractivity contribution in [1.29, 1.82) is 0 Å². The lowest BCUT2D eigenvalue weighted by atomic mass is 10.0. The normalized spacial score (nSPS) is 12.8. The molecule has 3 aromatic carbocycles. The molecule has 0 unspecified atom stereocenters. The molecule has 0 aliphatic rings. The van der Waals surface area contributed by atoms with E-state index in [1.165, 1.54) is 4.90 Å². The number of benzene rings is 3. The molecule has 0 aliphatic carbocycles. The van der Waals surface area contributed by atoms with Crippen molar-refractivity contribution in [2.45, 2.75) is 45.3 Å². The van der Waals surface area contributed by atoms with E-state index < -0.39 is 46.1 Å². The average molecular weight is 592 g/mol. The predicted octanol–water partition coefficient (Wildman–Crippen LogP) is 4.94. The second-order valence-corrected chi connectivity index (χ2v) is 11.9. The fourth-order valence-corrected chi connectivity index (χ4v) is 5.00. The van der Waals surface area contributed by atoms with E-state index in [-0.39, 0.29) is 24.7 Å². The number of amides is 2. The minimum Gasteiger partial charge on any atom is -0.352 e. The number of hydrogen-bond donors (Lipinski definition) is 1. The van der Waals surface area contributed by atoms with Gasteiger partial charge in [0.25, 0.3) is 0 Å². The maximum absolute atomic E-state index is 14.0. The Labute approximate surface area is 238 Å². The zero-order valence-electron chi connectivity index (χ0n) is 22.5. The van der Waals surface area contributed by atoms with Gasteiger partial charge in [0.05, 0.1) is 11.9 Å². The minimum atomic E-state index is -4.10. The lowest BCUT2D eigenvalue weighted by Gasteiger charge is -2.34. The molecule has 3 rings (SSSR count). The standard InChI is InChI=1S/C29H32ClF2N3O4S/c1-4-20(2)33-29(37)27(16-21-8-6-5-7-9-21)34(18-22-10-12-23(30)13-11-22)28(36)19-35(40(3,38)39)24-14-15-25(31)26(32)17-24/h5-15,17,20,27H,4,16,18-19H2,1-3H3,(H,33,37)/t20-,27-/m1/s1. The summed E-state index contributed by atoms with van der Waals surface area (Å²) in [6.07, 6.45) is 1.68. The second kappa shape index (κ2) is 13.7. The van der Waals surface area contributed by atoms with Crippen molar-refractivity contribution in [2.75, 3.05) is 17.1 Å². The topological polar surface area (TPSA) is 86.8 Å². The van der Waals surface area contributed by atoms with Gasteiger partial charge in [-0.25, -0.2) is 17.2 Å². The van der Waals surface area contributed by atoms with Crippen molar-refractivity contribution >= 4 is 39.1 Å². The summed E-state index contributed by atoms with van der Waals surface area (Å²) in [6, 6.07) is 17.2. The zero-order chi connectivity index (χ0) is 29.4. The van der Waals surface area contributed by atoms with Gasteiger partial charge in [-0.3, -0.25) is 13.9 Å². The van der Waals surface area contributed by atoms with Crippen molar-refractivity contribution < 1.29 is 26.8 Å². The van der Waals surface area contributed by atoms with Crippen molar-refractivity contribution in [3.8, 4) is 0 Å². The zero-order valence-corrected chi connectivity index (χ0v) is 24.1. The summed E-state index contributed by atoms with van der Waals surface area (Å²) in [5, 5.41) is 3.42. The molecule has 0 fully saturated rings. The van der Waals surface area contributed by atoms with Crippen molar-refractivity contribution in [3.63, 3.8) is 0 Å². The van der Waals surface area contributed by atoms with Crippen LogP contribution in [0.2, 0.25) is 5.02 Å². The number of sulfonamides is 1. The summed E-state index contributed by atoms with van der Waals surface area (Å²) in [5.74, 6) is -3.52. The van der Waals surface area contributed by atoms with Crippen molar-refractivity contribution in [3.05, 3.63) is 101 Å². The van der Waals surface area contributed by atoms with Gasteiger partial charge in [0.15, 0.2) is 11.6 Å². The number of carbonyl (C=O) groups is 2. The highest BCUT2D eigenvalue weighted by Crippen LogP contribution is 2.23. The van der Waals surface area contributed by atoms with Crippen LogP contribution in [0.25, 0.3) is 0 Å². The fraction of sp³-hybridized carbons (Fsp3) is 0.310. The molecule has 3 aromatic rings. The van der Waals surface area contributed by atoms with E-state index >= 15 is 0 Å². The van der Waals surface area contributed by atoms with Crippen molar-refractivity contribution in [2.24, 2.45) is 0 Å². The maximum Gasteiger partial charge on any atom is 0.244 e. The van der Waals surface area contributed by atoms with Gasteiger partial charge in [0, 0.05) is 30.1 Å². The number of nitrogens with zero attached hydrogens (tertiary/aromatic N) is 2. The van der Waals surface area contributed by atoms with Crippen LogP contribution >= 0.6 is 11.6 Å². The predicted molar refractivity (Wildman–Crippen MR) is 152 cm³/mol. The molecule has 2 amide bonds. The summed E-state index contributed by atoms with van der Waals surface area (Å²) < 4.78 is 53.7. The van der Waals surface area contributed by atoms with Gasteiger partial charge in [-0.15, -0.1) is 0 Å². The first kappa shape index (κ1) is 31.0. The van der Waals surface area contributed by atoms with Crippen LogP contribution in [0.4, 0.5) is 14.5 Å². The highest BCUT2D eigenvalue weighted by atomic mass is 35.5. The molecule has 11 heteroatoms. The lowest BCUT2D eigenvalue weighted by molar-refractivity contribution is -0.140. The molecule has 1 N–H and O–H groups in total. The highest BCUT2D eigenvalue weighted by molar-refractivity contribution is 7.92. The lowest BCUT2D eigenvalue weighted by Crippen LogP contribution is -2.54. The van der Waals surface area contributed by atoms with Gasteiger partial charge in [0.1, 0.15) is 12.6 Å². The minimum absolute atomic E-state index is 0.0309. The molecule has 0 saturated heterocycles. The maximum atomic E-state index is 14.0. The number of halogens is 3. The molecule has 0 radical (unpaired) electrons. The summed E-state index contributed by atoms with van der Waals surface area (Å²) in [5.41, 5.74) is 1.23. The number of nitrogens with one attached hydrogen (secondary N) is 1. The van der Waals surface area contributed by atoms with Crippen molar-refractivity contribution in [1.82, 2.24) is 10.2 Å². The van der Waals surface area contributed by atoms with Crippen LogP contribution in [0.3, 0.4) is 0 Å². The fourth-order valence-electron chi connectivity index (χ4n) is 4.04. The Kier molecular flexibility index (Phi) is 10.6. The molecule has 0 aromatic heterocycles. The third kappa shape index (κ3) is 8.50. The Morgan fingerprint density at radius 2 is 1.60 bits per heavy atom. The van der Waals surface area contributed by atoms with Gasteiger partial charge in [-0.05, 0) is 48.7 Å². The van der Waals surface area contributed by atoms with Crippen LogP contribution < -0.4 is 9.62 Å². The first-order valence-electron chi connectivity index (χ1n) is 12.7. The smallest absolute Gasteiger partial charge is 0.244 e.